The van der Waals surface area contributed by atoms with Gasteiger partial charge in [-0.3, -0.25) is 11.3 Å². The predicted octanol–water partition coefficient (Wildman–Crippen LogP) is 2.98. The van der Waals surface area contributed by atoms with Crippen molar-refractivity contribution in [3.05, 3.63) is 32.9 Å². The second-order valence-corrected chi connectivity index (χ2v) is 4.82. The van der Waals surface area contributed by atoms with Crippen LogP contribution in [0.1, 0.15) is 24.3 Å². The highest BCUT2D eigenvalue weighted by Crippen LogP contribution is 2.31. The zero-order chi connectivity index (χ0) is 9.84. The molecule has 0 aliphatic rings. The Hall–Kier alpha value is -0.160. The smallest absolute Gasteiger partial charge is 0.0601 e. The summed E-state index contributed by atoms with van der Waals surface area (Å²) >= 11 is 5.18. The summed E-state index contributed by atoms with van der Waals surface area (Å²) in [6, 6.07) is 2.20. The van der Waals surface area contributed by atoms with Gasteiger partial charge in [0.1, 0.15) is 0 Å². The molecule has 0 fully saturated rings. The standard InChI is InChI=1S/C9H13BrN2S/c1-6(2)5-8(12-11)9-7(10)3-4-13-9/h3-4,8,12H,1,5,11H2,2H3. The van der Waals surface area contributed by atoms with Gasteiger partial charge in [0, 0.05) is 9.35 Å². The number of hydrogen-bond acceptors (Lipinski definition) is 3. The van der Waals surface area contributed by atoms with Crippen LogP contribution >= 0.6 is 27.3 Å². The minimum Gasteiger partial charge on any atom is -0.271 e. The van der Waals surface area contributed by atoms with Crippen LogP contribution in [0.25, 0.3) is 0 Å². The molecule has 1 heterocycles. The average molecular weight is 261 g/mol. The van der Waals surface area contributed by atoms with Crippen LogP contribution in [0.5, 0.6) is 0 Å². The highest BCUT2D eigenvalue weighted by Gasteiger charge is 2.13. The minimum absolute atomic E-state index is 0.173. The molecule has 0 spiro atoms. The molecule has 2 nitrogen and oxygen atoms in total. The lowest BCUT2D eigenvalue weighted by molar-refractivity contribution is 0.557. The maximum Gasteiger partial charge on any atom is 0.0601 e. The van der Waals surface area contributed by atoms with Crippen molar-refractivity contribution in [1.82, 2.24) is 5.43 Å². The Morgan fingerprint density at radius 3 is 2.92 bits per heavy atom. The lowest BCUT2D eigenvalue weighted by atomic mass is 10.1. The first kappa shape index (κ1) is 10.9. The van der Waals surface area contributed by atoms with Crippen molar-refractivity contribution in [1.29, 1.82) is 0 Å². The third kappa shape index (κ3) is 2.91. The van der Waals surface area contributed by atoms with Gasteiger partial charge in [-0.05, 0) is 40.7 Å². The van der Waals surface area contributed by atoms with Crippen LogP contribution < -0.4 is 11.3 Å². The summed E-state index contributed by atoms with van der Waals surface area (Å²) in [6.45, 7) is 5.88. The molecule has 13 heavy (non-hydrogen) atoms. The van der Waals surface area contributed by atoms with Crippen molar-refractivity contribution in [2.75, 3.05) is 0 Å². The van der Waals surface area contributed by atoms with E-state index in [0.29, 0.717) is 0 Å². The zero-order valence-corrected chi connectivity index (χ0v) is 9.91. The molecule has 0 amide bonds. The molecule has 0 aliphatic heterocycles. The van der Waals surface area contributed by atoms with E-state index in [1.54, 1.807) is 11.3 Å². The van der Waals surface area contributed by atoms with Crippen molar-refractivity contribution >= 4 is 27.3 Å². The van der Waals surface area contributed by atoms with Crippen molar-refractivity contribution in [3.63, 3.8) is 0 Å². The first-order chi connectivity index (χ1) is 6.15. The molecule has 0 saturated heterocycles. The van der Waals surface area contributed by atoms with Crippen LogP contribution in [0.2, 0.25) is 0 Å². The fourth-order valence-corrected chi connectivity index (χ4v) is 2.84. The van der Waals surface area contributed by atoms with Crippen molar-refractivity contribution in [3.8, 4) is 0 Å². The molecule has 0 saturated carbocycles. The minimum atomic E-state index is 0.173. The van der Waals surface area contributed by atoms with E-state index in [1.165, 1.54) is 4.88 Å². The molecule has 1 atom stereocenters. The lowest BCUT2D eigenvalue weighted by Crippen LogP contribution is -2.27. The maximum atomic E-state index is 5.48. The van der Waals surface area contributed by atoms with Crippen LogP contribution in [0.4, 0.5) is 0 Å². The number of hydrazine groups is 1. The monoisotopic (exact) mass is 260 g/mol. The Kier molecular flexibility index (Phi) is 4.12. The molecule has 4 heteroatoms. The quantitative estimate of drug-likeness (QED) is 0.496. The third-order valence-corrected chi connectivity index (χ3v) is 3.70. The van der Waals surface area contributed by atoms with Crippen LogP contribution in [0, 0.1) is 0 Å². The van der Waals surface area contributed by atoms with Gasteiger partial charge in [-0.1, -0.05) is 5.57 Å². The number of rotatable bonds is 4. The van der Waals surface area contributed by atoms with Crippen LogP contribution in [-0.4, -0.2) is 0 Å². The van der Waals surface area contributed by atoms with E-state index in [1.807, 2.05) is 18.4 Å². The van der Waals surface area contributed by atoms with Gasteiger partial charge in [0.15, 0.2) is 0 Å². The van der Waals surface area contributed by atoms with Crippen molar-refractivity contribution < 1.29 is 0 Å². The van der Waals surface area contributed by atoms with Gasteiger partial charge in [-0.15, -0.1) is 17.9 Å². The molecule has 1 rings (SSSR count). The van der Waals surface area contributed by atoms with E-state index < -0.39 is 0 Å². The van der Waals surface area contributed by atoms with Crippen LogP contribution in [0.15, 0.2) is 28.1 Å². The van der Waals surface area contributed by atoms with Gasteiger partial charge in [0.25, 0.3) is 0 Å². The van der Waals surface area contributed by atoms with Gasteiger partial charge < -0.3 is 0 Å². The summed E-state index contributed by atoms with van der Waals surface area (Å²) in [7, 11) is 0. The summed E-state index contributed by atoms with van der Waals surface area (Å²) in [5.74, 6) is 5.48. The number of nitrogens with one attached hydrogen (secondary N) is 1. The van der Waals surface area contributed by atoms with E-state index >= 15 is 0 Å². The first-order valence-electron chi connectivity index (χ1n) is 3.98. The molecule has 0 radical (unpaired) electrons. The molecule has 72 valence electrons. The summed E-state index contributed by atoms with van der Waals surface area (Å²) in [5, 5.41) is 2.04. The van der Waals surface area contributed by atoms with Crippen LogP contribution in [-0.2, 0) is 0 Å². The van der Waals surface area contributed by atoms with E-state index in [0.717, 1.165) is 16.5 Å². The van der Waals surface area contributed by atoms with Gasteiger partial charge in [-0.2, -0.15) is 0 Å². The largest absolute Gasteiger partial charge is 0.271 e. The molecule has 3 N–H and O–H groups in total. The third-order valence-electron chi connectivity index (χ3n) is 1.72. The summed E-state index contributed by atoms with van der Waals surface area (Å²) in [4.78, 5) is 1.23. The van der Waals surface area contributed by atoms with Crippen molar-refractivity contribution in [2.45, 2.75) is 19.4 Å². The van der Waals surface area contributed by atoms with Gasteiger partial charge >= 0.3 is 0 Å². The molecule has 1 unspecified atom stereocenters. The summed E-state index contributed by atoms with van der Waals surface area (Å²) < 4.78 is 1.11. The topological polar surface area (TPSA) is 38.0 Å². The zero-order valence-electron chi connectivity index (χ0n) is 7.51. The Labute approximate surface area is 90.9 Å². The number of halogens is 1. The van der Waals surface area contributed by atoms with Gasteiger partial charge in [0.2, 0.25) is 0 Å². The van der Waals surface area contributed by atoms with E-state index in [4.69, 9.17) is 5.84 Å². The molecular formula is C9H13BrN2S. The first-order valence-corrected chi connectivity index (χ1v) is 5.65. The molecule has 1 aromatic heterocycles. The number of nitrogens with two attached hydrogens (primary N) is 1. The normalized spacial score (nSPS) is 12.8. The predicted molar refractivity (Wildman–Crippen MR) is 61.5 cm³/mol. The van der Waals surface area contributed by atoms with Crippen LogP contribution in [0.3, 0.4) is 0 Å². The Morgan fingerprint density at radius 1 is 1.85 bits per heavy atom. The lowest BCUT2D eigenvalue weighted by Gasteiger charge is -2.14. The van der Waals surface area contributed by atoms with E-state index in [2.05, 4.69) is 27.9 Å². The average Bonchev–Trinajstić information content (AvgIpc) is 2.47. The summed E-state index contributed by atoms with van der Waals surface area (Å²) in [6.07, 6.45) is 0.871. The molecule has 0 bridgehead atoms. The van der Waals surface area contributed by atoms with E-state index in [9.17, 15) is 0 Å². The Balaban J connectivity index is 2.78. The highest BCUT2D eigenvalue weighted by molar-refractivity contribution is 9.10. The Bertz CT molecular complexity index is 296. The van der Waals surface area contributed by atoms with Crippen molar-refractivity contribution in [2.24, 2.45) is 5.84 Å². The fraction of sp³-hybridized carbons (Fsp3) is 0.333. The second-order valence-electron chi connectivity index (χ2n) is 3.01. The second kappa shape index (κ2) is 4.91. The van der Waals surface area contributed by atoms with Gasteiger partial charge in [0.05, 0.1) is 6.04 Å². The Morgan fingerprint density at radius 2 is 2.54 bits per heavy atom. The molecular weight excluding hydrogens is 248 g/mol. The number of hydrogen-bond donors (Lipinski definition) is 2. The highest BCUT2D eigenvalue weighted by atomic mass is 79.9. The number of thiophene rings is 1. The SMILES string of the molecule is C=C(C)CC(NN)c1sccc1Br. The maximum absolute atomic E-state index is 5.48. The molecule has 0 aromatic carbocycles. The summed E-state index contributed by atoms with van der Waals surface area (Å²) in [5.41, 5.74) is 3.92. The van der Waals surface area contributed by atoms with E-state index in [-0.39, 0.29) is 6.04 Å². The molecule has 1 aromatic rings. The van der Waals surface area contributed by atoms with Gasteiger partial charge in [-0.25, -0.2) is 0 Å². The molecule has 0 aliphatic carbocycles. The fourth-order valence-electron chi connectivity index (χ4n) is 1.13.